The minimum atomic E-state index is 0.0862. The van der Waals surface area contributed by atoms with Crippen LogP contribution in [0.15, 0.2) is 89.3 Å². The van der Waals surface area contributed by atoms with Crippen molar-refractivity contribution in [3.8, 4) is 0 Å². The van der Waals surface area contributed by atoms with Gasteiger partial charge in [-0.05, 0) is 58.4 Å². The molecule has 0 unspecified atom stereocenters. The van der Waals surface area contributed by atoms with E-state index in [0.717, 1.165) is 39.0 Å². The molecule has 0 amide bonds. The fourth-order valence-electron chi connectivity index (χ4n) is 4.68. The molecule has 0 radical (unpaired) electrons. The molecule has 0 saturated heterocycles. The van der Waals surface area contributed by atoms with Crippen LogP contribution in [0.5, 0.6) is 0 Å². The van der Waals surface area contributed by atoms with E-state index < -0.39 is 0 Å². The number of rotatable bonds is 3. The molecule has 0 saturated carbocycles. The normalized spacial score (nSPS) is 12.4. The van der Waals surface area contributed by atoms with Gasteiger partial charge in [-0.25, -0.2) is 0 Å². The molecule has 0 atom stereocenters. The average Bonchev–Trinajstić information content (AvgIpc) is 3.17. The Kier molecular flexibility index (Phi) is 5.40. The maximum absolute atomic E-state index is 6.42. The first kappa shape index (κ1) is 23.0. The van der Waals surface area contributed by atoms with Gasteiger partial charge >= 0.3 is 0 Å². The van der Waals surface area contributed by atoms with Gasteiger partial charge in [0.05, 0.1) is 11.1 Å². The molecule has 3 heteroatoms. The zero-order chi connectivity index (χ0) is 25.0. The van der Waals surface area contributed by atoms with Gasteiger partial charge < -0.3 is 15.1 Å². The lowest BCUT2D eigenvalue weighted by Crippen LogP contribution is -2.14. The van der Waals surface area contributed by atoms with Crippen LogP contribution in [0.3, 0.4) is 0 Å². The molecule has 5 rings (SSSR count). The second-order valence-corrected chi connectivity index (χ2v) is 11.4. The molecular formula is C32H34N2O. The summed E-state index contributed by atoms with van der Waals surface area (Å²) in [5.74, 6) is 0. The summed E-state index contributed by atoms with van der Waals surface area (Å²) in [6, 6.07) is 29.9. The van der Waals surface area contributed by atoms with E-state index in [2.05, 4.69) is 113 Å². The van der Waals surface area contributed by atoms with Crippen molar-refractivity contribution in [2.75, 3.05) is 10.6 Å². The molecule has 3 nitrogen and oxygen atoms in total. The predicted octanol–water partition coefficient (Wildman–Crippen LogP) is 9.23. The van der Waals surface area contributed by atoms with Crippen LogP contribution in [-0.2, 0) is 10.8 Å². The number of anilines is 4. The van der Waals surface area contributed by atoms with Gasteiger partial charge in [0.1, 0.15) is 11.2 Å². The van der Waals surface area contributed by atoms with Gasteiger partial charge in [0.25, 0.3) is 0 Å². The molecule has 0 aliphatic rings. The largest absolute Gasteiger partial charge is 0.456 e. The van der Waals surface area contributed by atoms with Crippen molar-refractivity contribution in [2.24, 2.45) is 0 Å². The van der Waals surface area contributed by atoms with Crippen molar-refractivity contribution in [1.29, 1.82) is 0 Å². The average molecular weight is 463 g/mol. The lowest BCUT2D eigenvalue weighted by atomic mass is 9.86. The molecule has 1 heterocycles. The van der Waals surface area contributed by atoms with Gasteiger partial charge in [-0.15, -0.1) is 0 Å². The highest BCUT2D eigenvalue weighted by molar-refractivity contribution is 6.14. The third kappa shape index (κ3) is 4.27. The monoisotopic (exact) mass is 462 g/mol. The number of hydrogen-bond acceptors (Lipinski definition) is 3. The number of furan rings is 1. The lowest BCUT2D eigenvalue weighted by molar-refractivity contribution is 0.590. The van der Waals surface area contributed by atoms with E-state index in [1.807, 2.05) is 18.2 Å². The van der Waals surface area contributed by atoms with Crippen LogP contribution in [0, 0.1) is 0 Å². The van der Waals surface area contributed by atoms with E-state index in [0.29, 0.717) is 5.69 Å². The van der Waals surface area contributed by atoms with Crippen molar-refractivity contribution in [3.05, 3.63) is 96.1 Å². The number of nitrogens with zero attached hydrogens (tertiary/aromatic N) is 1. The van der Waals surface area contributed by atoms with Gasteiger partial charge in [0.2, 0.25) is 0 Å². The van der Waals surface area contributed by atoms with Gasteiger partial charge in [0.15, 0.2) is 0 Å². The van der Waals surface area contributed by atoms with Gasteiger partial charge in [-0.2, -0.15) is 0 Å². The molecule has 0 aliphatic heterocycles. The summed E-state index contributed by atoms with van der Waals surface area (Å²) in [4.78, 5) is 2.29. The number of para-hydroxylation sites is 1. The van der Waals surface area contributed by atoms with Crippen molar-refractivity contribution in [1.82, 2.24) is 0 Å². The van der Waals surface area contributed by atoms with Crippen LogP contribution in [0.2, 0.25) is 0 Å². The first-order valence-electron chi connectivity index (χ1n) is 12.2. The van der Waals surface area contributed by atoms with Crippen molar-refractivity contribution >= 4 is 44.7 Å². The Balaban J connectivity index is 1.77. The van der Waals surface area contributed by atoms with Crippen molar-refractivity contribution in [2.45, 2.75) is 52.4 Å². The fourth-order valence-corrected chi connectivity index (χ4v) is 4.68. The molecule has 178 valence electrons. The predicted molar refractivity (Wildman–Crippen MR) is 150 cm³/mol. The quantitative estimate of drug-likeness (QED) is 0.272. The highest BCUT2D eigenvalue weighted by Gasteiger charge is 2.22. The molecule has 0 aliphatic carbocycles. The Labute approximate surface area is 208 Å². The Bertz CT molecular complexity index is 1440. The van der Waals surface area contributed by atoms with Crippen LogP contribution < -0.4 is 10.6 Å². The molecule has 0 fully saturated rings. The minimum Gasteiger partial charge on any atom is -0.456 e. The van der Waals surface area contributed by atoms with Crippen LogP contribution in [0.25, 0.3) is 21.9 Å². The number of nitrogens with two attached hydrogens (primary N) is 1. The molecule has 5 aromatic rings. The van der Waals surface area contributed by atoms with E-state index in [4.69, 9.17) is 10.2 Å². The summed E-state index contributed by atoms with van der Waals surface area (Å²) in [6.07, 6.45) is 0. The van der Waals surface area contributed by atoms with Crippen molar-refractivity contribution < 1.29 is 4.42 Å². The zero-order valence-corrected chi connectivity index (χ0v) is 21.5. The maximum Gasteiger partial charge on any atom is 0.139 e. The molecule has 4 aromatic carbocycles. The summed E-state index contributed by atoms with van der Waals surface area (Å²) < 4.78 is 6.22. The Morgan fingerprint density at radius 2 is 1.14 bits per heavy atom. The lowest BCUT2D eigenvalue weighted by Gasteiger charge is -2.28. The maximum atomic E-state index is 6.42. The van der Waals surface area contributed by atoms with E-state index >= 15 is 0 Å². The SMILES string of the molecule is CC(C)(C)c1ccc(N(c2ccc(C(C)(C)C)cc2)c2cc(N)cc3oc4ccccc4c23)cc1. The smallest absolute Gasteiger partial charge is 0.139 e. The molecule has 35 heavy (non-hydrogen) atoms. The van der Waals surface area contributed by atoms with Crippen molar-refractivity contribution in [3.63, 3.8) is 0 Å². The van der Waals surface area contributed by atoms with E-state index in [1.165, 1.54) is 11.1 Å². The third-order valence-electron chi connectivity index (χ3n) is 6.70. The second-order valence-electron chi connectivity index (χ2n) is 11.4. The Hall–Kier alpha value is -3.72. The van der Waals surface area contributed by atoms with E-state index in [1.54, 1.807) is 0 Å². The van der Waals surface area contributed by atoms with Crippen LogP contribution in [0.1, 0.15) is 52.7 Å². The van der Waals surface area contributed by atoms with Crippen LogP contribution >= 0.6 is 0 Å². The minimum absolute atomic E-state index is 0.0862. The summed E-state index contributed by atoms with van der Waals surface area (Å²) in [7, 11) is 0. The first-order valence-corrected chi connectivity index (χ1v) is 12.2. The molecule has 1 aromatic heterocycles. The summed E-state index contributed by atoms with van der Waals surface area (Å²) in [5.41, 5.74) is 14.7. The number of benzene rings is 4. The standard InChI is InChI=1S/C32H34N2O/c1-31(2,3)21-11-15-24(16-12-21)34(25-17-13-22(14-18-25)32(4,5)6)27-19-23(33)20-29-30(27)26-9-7-8-10-28(26)35-29/h7-20H,33H2,1-6H3. The van der Waals surface area contributed by atoms with Crippen LogP contribution in [-0.4, -0.2) is 0 Å². The Morgan fingerprint density at radius 1 is 0.629 bits per heavy atom. The second kappa shape index (κ2) is 8.20. The molecule has 0 spiro atoms. The first-order chi connectivity index (χ1) is 16.5. The van der Waals surface area contributed by atoms with Gasteiger partial charge in [-0.3, -0.25) is 0 Å². The molecule has 2 N–H and O–H groups in total. The van der Waals surface area contributed by atoms with E-state index in [-0.39, 0.29) is 10.8 Å². The summed E-state index contributed by atoms with van der Waals surface area (Å²) in [5, 5.41) is 2.15. The topological polar surface area (TPSA) is 42.4 Å². The highest BCUT2D eigenvalue weighted by Crippen LogP contribution is 2.44. The number of nitrogen functional groups attached to an aromatic ring is 1. The highest BCUT2D eigenvalue weighted by atomic mass is 16.3. The number of fused-ring (bicyclic) bond motifs is 3. The van der Waals surface area contributed by atoms with E-state index in [9.17, 15) is 0 Å². The van der Waals surface area contributed by atoms with Gasteiger partial charge in [-0.1, -0.05) is 84.0 Å². The van der Waals surface area contributed by atoms with Crippen LogP contribution in [0.4, 0.5) is 22.7 Å². The number of hydrogen-bond donors (Lipinski definition) is 1. The van der Waals surface area contributed by atoms with Gasteiger partial charge in [0, 0.05) is 28.5 Å². The summed E-state index contributed by atoms with van der Waals surface area (Å²) in [6.45, 7) is 13.4. The zero-order valence-electron chi connectivity index (χ0n) is 21.5. The Morgan fingerprint density at radius 3 is 1.66 bits per heavy atom. The molecule has 0 bridgehead atoms. The molecular weight excluding hydrogens is 428 g/mol. The third-order valence-corrected chi connectivity index (χ3v) is 6.70. The fraction of sp³-hybridized carbons (Fsp3) is 0.250. The summed E-state index contributed by atoms with van der Waals surface area (Å²) >= 11 is 0.